The molecular formula is C23H13Cl3N2O7. The van der Waals surface area contributed by atoms with Crippen LogP contribution in [0.25, 0.3) is 0 Å². The Morgan fingerprint density at radius 2 is 1.60 bits per heavy atom. The molecule has 0 N–H and O–H groups in total. The number of nitrogens with zero attached hydrogens (tertiary/aromatic N) is 2. The molecule has 1 heterocycles. The summed E-state index contributed by atoms with van der Waals surface area (Å²) in [4.78, 5) is 49.8. The Bertz CT molecular complexity index is 1380. The monoisotopic (exact) mass is 534 g/mol. The van der Waals surface area contributed by atoms with Crippen molar-refractivity contribution in [2.75, 3.05) is 12.0 Å². The van der Waals surface area contributed by atoms with Crippen LogP contribution in [0.2, 0.25) is 15.1 Å². The standard InChI is InChI=1S/C23H13Cl3N2O7/c1-34-20-9-19(27-21(29)13-6-16(24)17(25)7-14(13)22(27)30)18(26)8-15(20)23(31)35-10-11-3-2-4-12(5-11)28(32)33/h2-9H,10H2,1H3. The van der Waals surface area contributed by atoms with Crippen LogP contribution in [0.5, 0.6) is 5.75 Å². The van der Waals surface area contributed by atoms with Crippen molar-refractivity contribution < 1.29 is 28.8 Å². The molecule has 0 saturated heterocycles. The third-order valence-corrected chi connectivity index (χ3v) is 6.17. The summed E-state index contributed by atoms with van der Waals surface area (Å²) in [5.74, 6) is -2.19. The maximum Gasteiger partial charge on any atom is 0.342 e. The molecule has 0 radical (unpaired) electrons. The smallest absolute Gasteiger partial charge is 0.342 e. The van der Waals surface area contributed by atoms with Gasteiger partial charge in [0.15, 0.2) is 0 Å². The number of nitro groups is 1. The first kappa shape index (κ1) is 24.5. The molecule has 0 unspecified atom stereocenters. The molecule has 0 aromatic heterocycles. The molecule has 178 valence electrons. The van der Waals surface area contributed by atoms with Crippen LogP contribution >= 0.6 is 34.8 Å². The summed E-state index contributed by atoms with van der Waals surface area (Å²) in [5.41, 5.74) is 0.274. The molecule has 0 spiro atoms. The summed E-state index contributed by atoms with van der Waals surface area (Å²) in [7, 11) is 1.28. The number of carbonyl (C=O) groups is 3. The minimum absolute atomic E-state index is 0.0129. The van der Waals surface area contributed by atoms with Gasteiger partial charge in [-0.1, -0.05) is 46.9 Å². The van der Waals surface area contributed by atoms with Crippen molar-refractivity contribution in [3.05, 3.63) is 96.0 Å². The minimum Gasteiger partial charge on any atom is -0.496 e. The molecule has 0 fully saturated rings. The molecular weight excluding hydrogens is 523 g/mol. The molecule has 35 heavy (non-hydrogen) atoms. The fraction of sp³-hybridized carbons (Fsp3) is 0.0870. The van der Waals surface area contributed by atoms with Crippen LogP contribution in [0.1, 0.15) is 36.6 Å². The van der Waals surface area contributed by atoms with E-state index in [0.29, 0.717) is 5.56 Å². The average Bonchev–Trinajstić information content (AvgIpc) is 3.06. The molecule has 0 bridgehead atoms. The number of halogens is 3. The number of ether oxygens (including phenoxy) is 2. The first-order chi connectivity index (χ1) is 16.6. The first-order valence-electron chi connectivity index (χ1n) is 9.78. The van der Waals surface area contributed by atoms with E-state index in [4.69, 9.17) is 44.3 Å². The highest BCUT2D eigenvalue weighted by Gasteiger charge is 2.39. The zero-order chi connectivity index (χ0) is 25.4. The molecule has 3 aromatic carbocycles. The van der Waals surface area contributed by atoms with Crippen molar-refractivity contribution in [1.82, 2.24) is 0 Å². The number of nitro benzene ring substituents is 1. The number of anilines is 1. The Morgan fingerprint density at radius 3 is 2.17 bits per heavy atom. The second kappa shape index (κ2) is 9.53. The molecule has 2 amide bonds. The van der Waals surface area contributed by atoms with Gasteiger partial charge in [-0.15, -0.1) is 0 Å². The van der Waals surface area contributed by atoms with Crippen LogP contribution in [0, 0.1) is 10.1 Å². The predicted molar refractivity (Wildman–Crippen MR) is 128 cm³/mol. The fourth-order valence-corrected chi connectivity index (χ4v) is 4.06. The molecule has 0 saturated carbocycles. The van der Waals surface area contributed by atoms with Gasteiger partial charge >= 0.3 is 5.97 Å². The Morgan fingerprint density at radius 1 is 0.971 bits per heavy atom. The van der Waals surface area contributed by atoms with Crippen LogP contribution in [-0.2, 0) is 11.3 Å². The molecule has 12 heteroatoms. The summed E-state index contributed by atoms with van der Waals surface area (Å²) < 4.78 is 10.5. The number of hydrogen-bond donors (Lipinski definition) is 0. The fourth-order valence-electron chi connectivity index (χ4n) is 3.48. The SMILES string of the molecule is COc1cc(N2C(=O)c3cc(Cl)c(Cl)cc3C2=O)c(Cl)cc1C(=O)OCc1cccc([N+](=O)[O-])c1. The summed E-state index contributed by atoms with van der Waals surface area (Å²) in [6.07, 6.45) is 0. The molecule has 1 aliphatic rings. The lowest BCUT2D eigenvalue weighted by Crippen LogP contribution is -2.29. The normalized spacial score (nSPS) is 12.5. The minimum atomic E-state index is -0.831. The van der Waals surface area contributed by atoms with Gasteiger partial charge in [-0.05, 0) is 23.8 Å². The molecule has 1 aliphatic heterocycles. The van der Waals surface area contributed by atoms with Gasteiger partial charge in [-0.3, -0.25) is 19.7 Å². The van der Waals surface area contributed by atoms with Gasteiger partial charge in [0.1, 0.15) is 17.9 Å². The number of esters is 1. The number of benzene rings is 3. The number of fused-ring (bicyclic) bond motifs is 1. The lowest BCUT2D eigenvalue weighted by atomic mass is 10.1. The highest BCUT2D eigenvalue weighted by atomic mass is 35.5. The second-order valence-electron chi connectivity index (χ2n) is 7.26. The van der Waals surface area contributed by atoms with Crippen molar-refractivity contribution in [2.45, 2.75) is 6.61 Å². The molecule has 3 aromatic rings. The molecule has 4 rings (SSSR count). The number of imide groups is 1. The molecule has 0 aliphatic carbocycles. The number of carbonyl (C=O) groups excluding carboxylic acids is 3. The van der Waals surface area contributed by atoms with Crippen molar-refractivity contribution in [1.29, 1.82) is 0 Å². The van der Waals surface area contributed by atoms with Crippen LogP contribution in [0.3, 0.4) is 0 Å². The van der Waals surface area contributed by atoms with E-state index in [2.05, 4.69) is 0 Å². The Hall–Kier alpha value is -3.66. The largest absolute Gasteiger partial charge is 0.496 e. The summed E-state index contributed by atoms with van der Waals surface area (Å²) in [5, 5.41) is 11.1. The lowest BCUT2D eigenvalue weighted by Gasteiger charge is -2.18. The third-order valence-electron chi connectivity index (χ3n) is 5.15. The van der Waals surface area contributed by atoms with Crippen molar-refractivity contribution in [3.63, 3.8) is 0 Å². The van der Waals surface area contributed by atoms with Gasteiger partial charge < -0.3 is 9.47 Å². The highest BCUT2D eigenvalue weighted by Crippen LogP contribution is 2.39. The Balaban J connectivity index is 1.62. The maximum absolute atomic E-state index is 12.9. The van der Waals surface area contributed by atoms with Crippen LogP contribution < -0.4 is 9.64 Å². The zero-order valence-corrected chi connectivity index (χ0v) is 20.0. The third kappa shape index (κ3) is 4.53. The zero-order valence-electron chi connectivity index (χ0n) is 17.7. The summed E-state index contributed by atoms with van der Waals surface area (Å²) >= 11 is 18.3. The predicted octanol–water partition coefficient (Wildman–Crippen LogP) is 5.72. The quantitative estimate of drug-likeness (QED) is 0.171. The first-order valence-corrected chi connectivity index (χ1v) is 10.9. The van der Waals surface area contributed by atoms with Gasteiger partial charge in [0.05, 0.1) is 43.9 Å². The van der Waals surface area contributed by atoms with Crippen molar-refractivity contribution >= 4 is 64.0 Å². The maximum atomic E-state index is 12.9. The van der Waals surface area contributed by atoms with Crippen LogP contribution in [0.15, 0.2) is 48.5 Å². The number of non-ortho nitro benzene ring substituents is 1. The van der Waals surface area contributed by atoms with E-state index in [1.807, 2.05) is 0 Å². The van der Waals surface area contributed by atoms with E-state index >= 15 is 0 Å². The van der Waals surface area contributed by atoms with Crippen molar-refractivity contribution in [2.24, 2.45) is 0 Å². The highest BCUT2D eigenvalue weighted by molar-refractivity contribution is 6.45. The second-order valence-corrected chi connectivity index (χ2v) is 8.49. The number of amides is 2. The topological polar surface area (TPSA) is 116 Å². The number of rotatable bonds is 6. The van der Waals surface area contributed by atoms with Crippen molar-refractivity contribution in [3.8, 4) is 5.75 Å². The van der Waals surface area contributed by atoms with Gasteiger partial charge in [0.25, 0.3) is 17.5 Å². The van der Waals surface area contributed by atoms with Gasteiger partial charge in [0, 0.05) is 18.2 Å². The Labute approximate surface area is 212 Å². The molecule has 9 nitrogen and oxygen atoms in total. The van der Waals surface area contributed by atoms with Crippen LogP contribution in [0.4, 0.5) is 11.4 Å². The Kier molecular flexibility index (Phi) is 6.66. The van der Waals surface area contributed by atoms with E-state index in [1.165, 1.54) is 49.6 Å². The van der Waals surface area contributed by atoms with Gasteiger partial charge in [-0.25, -0.2) is 9.69 Å². The van der Waals surface area contributed by atoms with Gasteiger partial charge in [-0.2, -0.15) is 0 Å². The van der Waals surface area contributed by atoms with E-state index in [9.17, 15) is 24.5 Å². The lowest BCUT2D eigenvalue weighted by molar-refractivity contribution is -0.384. The van der Waals surface area contributed by atoms with E-state index < -0.39 is 22.7 Å². The van der Waals surface area contributed by atoms with Crippen LogP contribution in [-0.4, -0.2) is 29.8 Å². The van der Waals surface area contributed by atoms with E-state index in [1.54, 1.807) is 6.07 Å². The van der Waals surface area contributed by atoms with E-state index in [-0.39, 0.29) is 55.5 Å². The van der Waals surface area contributed by atoms with Gasteiger partial charge in [0.2, 0.25) is 0 Å². The average molecular weight is 536 g/mol. The molecule has 0 atom stereocenters. The number of hydrogen-bond acceptors (Lipinski definition) is 7. The summed E-state index contributed by atoms with van der Waals surface area (Å²) in [6.45, 7) is -0.247. The summed E-state index contributed by atoms with van der Waals surface area (Å²) in [6, 6.07) is 10.7. The van der Waals surface area contributed by atoms with E-state index in [0.717, 1.165) is 4.90 Å². The number of methoxy groups -OCH3 is 1.